The van der Waals surface area contributed by atoms with Crippen LogP contribution in [0.4, 0.5) is 0 Å². The number of thiophene rings is 1. The van der Waals surface area contributed by atoms with E-state index in [1.54, 1.807) is 17.4 Å². The Morgan fingerprint density at radius 2 is 2.11 bits per heavy atom. The molecule has 0 unspecified atom stereocenters. The Kier molecular flexibility index (Phi) is 5.95. The first-order chi connectivity index (χ1) is 13.6. The minimum atomic E-state index is -0.707. The zero-order valence-corrected chi connectivity index (χ0v) is 16.6. The van der Waals surface area contributed by atoms with Crippen molar-refractivity contribution in [1.82, 2.24) is 0 Å². The second-order valence-electron chi connectivity index (χ2n) is 7.69. The first kappa shape index (κ1) is 19.4. The molecule has 2 aromatic rings. The number of carbonyl (C=O) groups is 1. The van der Waals surface area contributed by atoms with Gasteiger partial charge in [-0.15, -0.1) is 11.3 Å². The van der Waals surface area contributed by atoms with Gasteiger partial charge in [-0.2, -0.15) is 0 Å². The van der Waals surface area contributed by atoms with Crippen LogP contribution in [0.1, 0.15) is 43.1 Å². The molecule has 0 radical (unpaired) electrons. The number of hydrogen-bond donors (Lipinski definition) is 2. The van der Waals surface area contributed by atoms with Crippen LogP contribution in [0.2, 0.25) is 0 Å². The van der Waals surface area contributed by atoms with Crippen molar-refractivity contribution >= 4 is 27.4 Å². The molecule has 28 heavy (non-hydrogen) atoms. The fraction of sp³-hybridized carbons (Fsp3) is 0.435. The fourth-order valence-electron chi connectivity index (χ4n) is 4.26. The molecular formula is C23H26O4S. The van der Waals surface area contributed by atoms with Crippen LogP contribution >= 0.6 is 11.3 Å². The maximum absolute atomic E-state index is 12.0. The molecule has 148 valence electrons. The summed E-state index contributed by atoms with van der Waals surface area (Å²) in [5, 5.41) is 22.3. The van der Waals surface area contributed by atoms with Gasteiger partial charge in [0.2, 0.25) is 0 Å². The van der Waals surface area contributed by atoms with E-state index in [-0.39, 0.29) is 23.9 Å². The second-order valence-corrected chi connectivity index (χ2v) is 8.80. The van der Waals surface area contributed by atoms with Gasteiger partial charge < -0.3 is 14.9 Å². The highest BCUT2D eigenvalue weighted by Gasteiger charge is 2.42. The molecule has 0 amide bonds. The molecule has 5 heteroatoms. The third kappa shape index (κ3) is 4.22. The van der Waals surface area contributed by atoms with E-state index in [2.05, 4.69) is 12.2 Å². The fourth-order valence-corrected chi connectivity index (χ4v) is 5.29. The zero-order valence-electron chi connectivity index (χ0n) is 15.7. The van der Waals surface area contributed by atoms with Crippen molar-refractivity contribution < 1.29 is 19.7 Å². The lowest BCUT2D eigenvalue weighted by Crippen LogP contribution is -2.25. The summed E-state index contributed by atoms with van der Waals surface area (Å²) in [4.78, 5) is 12.9. The minimum absolute atomic E-state index is 0.0409. The van der Waals surface area contributed by atoms with E-state index in [1.165, 1.54) is 0 Å². The minimum Gasteiger partial charge on any atom is -0.462 e. The third-order valence-electron chi connectivity index (χ3n) is 5.75. The number of ether oxygens (including phenoxy) is 1. The van der Waals surface area contributed by atoms with Crippen molar-refractivity contribution in [3.05, 3.63) is 59.5 Å². The first-order valence-electron chi connectivity index (χ1n) is 9.99. The van der Waals surface area contributed by atoms with Crippen LogP contribution in [0, 0.1) is 11.8 Å². The highest BCUT2D eigenvalue weighted by molar-refractivity contribution is 7.19. The molecule has 2 heterocycles. The van der Waals surface area contributed by atoms with Crippen molar-refractivity contribution in [3.8, 4) is 0 Å². The summed E-state index contributed by atoms with van der Waals surface area (Å²) in [7, 11) is 0. The van der Waals surface area contributed by atoms with E-state index >= 15 is 0 Å². The Labute approximate surface area is 169 Å². The summed E-state index contributed by atoms with van der Waals surface area (Å²) in [5.41, 5.74) is 0. The lowest BCUT2D eigenvalue weighted by atomic mass is 9.89. The molecular weight excluding hydrogens is 372 g/mol. The monoisotopic (exact) mass is 398 g/mol. The summed E-state index contributed by atoms with van der Waals surface area (Å²) in [6, 6.07) is 10.1. The summed E-state index contributed by atoms with van der Waals surface area (Å²) < 4.78 is 6.80. The number of carbonyl (C=O) groups excluding carboxylic acids is 1. The maximum atomic E-state index is 12.0. The SMILES string of the molecule is O=C1CCCC=CC[C@@H]2[C@@H](C=C[C@@H](O)c3cc4ccccc4s3)[C@H](O)C[C@@H]2O1. The Bertz CT molecular complexity index is 851. The number of benzene rings is 1. The Balaban J connectivity index is 1.51. The molecule has 2 N–H and O–H groups in total. The average molecular weight is 399 g/mol. The number of aliphatic hydroxyl groups is 2. The van der Waals surface area contributed by atoms with Crippen molar-refractivity contribution in [2.45, 2.75) is 50.4 Å². The lowest BCUT2D eigenvalue weighted by Gasteiger charge is -2.23. The molecule has 0 saturated heterocycles. The van der Waals surface area contributed by atoms with Crippen LogP contribution in [0.15, 0.2) is 54.6 Å². The summed E-state index contributed by atoms with van der Waals surface area (Å²) in [5.74, 6) is -0.266. The number of esters is 1. The molecule has 4 nitrogen and oxygen atoms in total. The van der Waals surface area contributed by atoms with Gasteiger partial charge >= 0.3 is 5.97 Å². The van der Waals surface area contributed by atoms with Crippen LogP contribution in [0.3, 0.4) is 0 Å². The van der Waals surface area contributed by atoms with Gasteiger partial charge in [-0.25, -0.2) is 0 Å². The smallest absolute Gasteiger partial charge is 0.306 e. The summed E-state index contributed by atoms with van der Waals surface area (Å²) in [6.07, 6.45) is 9.73. The standard InChI is InChI=1S/C23H26O4S/c24-18(22-13-15-7-5-6-9-21(15)28-22)12-11-16-17-8-3-1-2-4-10-23(26)27-20(17)14-19(16)25/h1,3,5-7,9,11-13,16-20,24-25H,2,4,8,10,14H2/t16-,17-,18-,19-,20+/m1/s1. The van der Waals surface area contributed by atoms with Crippen LogP contribution in [0.25, 0.3) is 10.1 Å². The number of aliphatic hydroxyl groups excluding tert-OH is 2. The normalized spacial score (nSPS) is 29.7. The topological polar surface area (TPSA) is 66.8 Å². The summed E-state index contributed by atoms with van der Waals surface area (Å²) >= 11 is 1.58. The van der Waals surface area contributed by atoms with Gasteiger partial charge in [-0.05, 0) is 36.8 Å². The molecule has 0 bridgehead atoms. The molecule has 1 aromatic carbocycles. The van der Waals surface area contributed by atoms with E-state index in [4.69, 9.17) is 4.74 Å². The molecule has 4 rings (SSSR count). The van der Waals surface area contributed by atoms with E-state index in [1.807, 2.05) is 36.4 Å². The van der Waals surface area contributed by atoms with Crippen LogP contribution in [0.5, 0.6) is 0 Å². The number of rotatable bonds is 3. The second kappa shape index (κ2) is 8.60. The van der Waals surface area contributed by atoms with Crippen molar-refractivity contribution in [3.63, 3.8) is 0 Å². The zero-order chi connectivity index (χ0) is 19.5. The molecule has 2 aliphatic rings. The Hall–Kier alpha value is -1.95. The molecule has 5 atom stereocenters. The van der Waals surface area contributed by atoms with E-state index in [9.17, 15) is 15.0 Å². The highest BCUT2D eigenvalue weighted by atomic mass is 32.1. The van der Waals surface area contributed by atoms with Crippen LogP contribution in [-0.4, -0.2) is 28.4 Å². The molecule has 1 aliphatic carbocycles. The van der Waals surface area contributed by atoms with Crippen LogP contribution < -0.4 is 0 Å². The quantitative estimate of drug-likeness (QED) is 0.589. The largest absolute Gasteiger partial charge is 0.462 e. The van der Waals surface area contributed by atoms with Gasteiger partial charge in [0.15, 0.2) is 0 Å². The van der Waals surface area contributed by atoms with Gasteiger partial charge in [0, 0.05) is 34.3 Å². The molecule has 0 spiro atoms. The number of hydrogen-bond acceptors (Lipinski definition) is 5. The predicted molar refractivity (Wildman–Crippen MR) is 111 cm³/mol. The van der Waals surface area contributed by atoms with Gasteiger partial charge in [-0.1, -0.05) is 42.5 Å². The lowest BCUT2D eigenvalue weighted by molar-refractivity contribution is -0.151. The Morgan fingerprint density at radius 1 is 1.25 bits per heavy atom. The van der Waals surface area contributed by atoms with Crippen molar-refractivity contribution in [1.29, 1.82) is 0 Å². The summed E-state index contributed by atoms with van der Waals surface area (Å²) in [6.45, 7) is 0. The highest BCUT2D eigenvalue weighted by Crippen LogP contribution is 2.39. The van der Waals surface area contributed by atoms with Crippen molar-refractivity contribution in [2.75, 3.05) is 0 Å². The van der Waals surface area contributed by atoms with Gasteiger partial charge in [-0.3, -0.25) is 4.79 Å². The van der Waals surface area contributed by atoms with E-state index in [0.29, 0.717) is 12.8 Å². The van der Waals surface area contributed by atoms with Gasteiger partial charge in [0.1, 0.15) is 12.2 Å². The number of allylic oxidation sites excluding steroid dienone is 2. The predicted octanol–water partition coefficient (Wildman–Crippen LogP) is 4.53. The number of fused-ring (bicyclic) bond motifs is 2. The molecule has 1 aromatic heterocycles. The molecule has 1 saturated carbocycles. The van der Waals surface area contributed by atoms with Crippen LogP contribution in [-0.2, 0) is 9.53 Å². The van der Waals surface area contributed by atoms with Gasteiger partial charge in [0.25, 0.3) is 0 Å². The van der Waals surface area contributed by atoms with E-state index < -0.39 is 12.2 Å². The Morgan fingerprint density at radius 3 is 2.96 bits per heavy atom. The molecule has 1 aliphatic heterocycles. The van der Waals surface area contributed by atoms with E-state index in [0.717, 1.165) is 34.2 Å². The maximum Gasteiger partial charge on any atom is 0.306 e. The van der Waals surface area contributed by atoms with Crippen molar-refractivity contribution in [2.24, 2.45) is 11.8 Å². The third-order valence-corrected chi connectivity index (χ3v) is 6.94. The first-order valence-corrected chi connectivity index (χ1v) is 10.8. The van der Waals surface area contributed by atoms with Gasteiger partial charge in [0.05, 0.1) is 6.10 Å². The average Bonchev–Trinajstić information content (AvgIpc) is 3.24. The molecule has 1 fully saturated rings.